The summed E-state index contributed by atoms with van der Waals surface area (Å²) in [5, 5.41) is 12.3. The summed E-state index contributed by atoms with van der Waals surface area (Å²) in [6, 6.07) is 6.83. The van der Waals surface area contributed by atoms with Crippen LogP contribution in [-0.2, 0) is 0 Å². The van der Waals surface area contributed by atoms with Crippen LogP contribution in [0.25, 0.3) is 0 Å². The normalized spacial score (nSPS) is 10.4. The molecule has 0 aliphatic heterocycles. The molecular formula is C12H12ClN3OS2. The van der Waals surface area contributed by atoms with Gasteiger partial charge in [0.1, 0.15) is 0 Å². The van der Waals surface area contributed by atoms with Crippen molar-refractivity contribution in [2.45, 2.75) is 11.3 Å². The summed E-state index contributed by atoms with van der Waals surface area (Å²) in [6.07, 6.45) is 0. The second-order valence-corrected chi connectivity index (χ2v) is 6.51. The van der Waals surface area contributed by atoms with E-state index in [-0.39, 0.29) is 12.3 Å². The van der Waals surface area contributed by atoms with Crippen molar-refractivity contribution >= 4 is 45.6 Å². The Morgan fingerprint density at radius 3 is 2.79 bits per heavy atom. The Morgan fingerprint density at radius 1 is 1.37 bits per heavy atom. The second kappa shape index (κ2) is 6.88. The SMILES string of the molecule is CCSc1nnc(NCC(=O)c2ccc(Cl)cc2)s1. The maximum absolute atomic E-state index is 11.9. The van der Waals surface area contributed by atoms with Gasteiger partial charge < -0.3 is 5.32 Å². The van der Waals surface area contributed by atoms with Crippen LogP contribution in [0.1, 0.15) is 17.3 Å². The lowest BCUT2D eigenvalue weighted by Crippen LogP contribution is -2.13. The van der Waals surface area contributed by atoms with Crippen LogP contribution < -0.4 is 5.32 Å². The van der Waals surface area contributed by atoms with E-state index in [1.54, 1.807) is 36.0 Å². The number of nitrogens with zero attached hydrogens (tertiary/aromatic N) is 2. The molecule has 19 heavy (non-hydrogen) atoms. The number of carbonyl (C=O) groups excluding carboxylic acids is 1. The molecule has 0 aliphatic rings. The van der Waals surface area contributed by atoms with E-state index < -0.39 is 0 Å². The van der Waals surface area contributed by atoms with Gasteiger partial charge >= 0.3 is 0 Å². The molecule has 1 aromatic heterocycles. The number of rotatable bonds is 6. The van der Waals surface area contributed by atoms with Gasteiger partial charge in [0.25, 0.3) is 0 Å². The van der Waals surface area contributed by atoms with Crippen LogP contribution in [0.5, 0.6) is 0 Å². The molecule has 0 amide bonds. The maximum atomic E-state index is 11.9. The van der Waals surface area contributed by atoms with E-state index in [0.717, 1.165) is 10.1 Å². The fourth-order valence-corrected chi connectivity index (χ4v) is 3.13. The fourth-order valence-electron chi connectivity index (χ4n) is 1.36. The van der Waals surface area contributed by atoms with Gasteiger partial charge in [-0.3, -0.25) is 4.79 Å². The molecule has 4 nitrogen and oxygen atoms in total. The zero-order valence-electron chi connectivity index (χ0n) is 10.2. The molecule has 1 aromatic carbocycles. The number of carbonyl (C=O) groups is 1. The summed E-state index contributed by atoms with van der Waals surface area (Å²) >= 11 is 8.86. The average molecular weight is 314 g/mol. The highest BCUT2D eigenvalue weighted by molar-refractivity contribution is 8.01. The zero-order chi connectivity index (χ0) is 13.7. The van der Waals surface area contributed by atoms with Gasteiger partial charge in [0.15, 0.2) is 10.1 Å². The number of benzene rings is 1. The van der Waals surface area contributed by atoms with E-state index >= 15 is 0 Å². The smallest absolute Gasteiger partial charge is 0.206 e. The van der Waals surface area contributed by atoms with E-state index in [2.05, 4.69) is 22.4 Å². The topological polar surface area (TPSA) is 54.9 Å². The third kappa shape index (κ3) is 4.19. The Labute approximate surface area is 124 Å². The minimum absolute atomic E-state index is 0.00318. The quantitative estimate of drug-likeness (QED) is 0.652. The Hall–Kier alpha value is -1.11. The van der Waals surface area contributed by atoms with Crippen LogP contribution in [0.3, 0.4) is 0 Å². The number of aromatic nitrogens is 2. The van der Waals surface area contributed by atoms with Crippen LogP contribution in [0, 0.1) is 0 Å². The molecule has 0 aliphatic carbocycles. The number of ketones is 1. The minimum Gasteiger partial charge on any atom is -0.353 e. The first-order valence-electron chi connectivity index (χ1n) is 5.68. The zero-order valence-corrected chi connectivity index (χ0v) is 12.6. The van der Waals surface area contributed by atoms with Gasteiger partial charge in [-0.1, -0.05) is 41.6 Å². The summed E-state index contributed by atoms with van der Waals surface area (Å²) in [5.74, 6) is 0.954. The third-order valence-electron chi connectivity index (χ3n) is 2.24. The van der Waals surface area contributed by atoms with Gasteiger partial charge in [0.05, 0.1) is 6.54 Å². The Balaban J connectivity index is 1.90. The first kappa shape index (κ1) is 14.3. The highest BCUT2D eigenvalue weighted by atomic mass is 35.5. The first-order valence-corrected chi connectivity index (χ1v) is 7.86. The Bertz CT molecular complexity index is 556. The highest BCUT2D eigenvalue weighted by Gasteiger charge is 2.08. The van der Waals surface area contributed by atoms with Crippen LogP contribution >= 0.6 is 34.7 Å². The lowest BCUT2D eigenvalue weighted by Gasteiger charge is -2.01. The molecule has 1 heterocycles. The van der Waals surface area contributed by atoms with Crippen molar-refractivity contribution in [3.8, 4) is 0 Å². The molecule has 0 saturated heterocycles. The Morgan fingerprint density at radius 2 is 2.11 bits per heavy atom. The summed E-state index contributed by atoms with van der Waals surface area (Å²) in [5.41, 5.74) is 0.629. The number of Topliss-reactive ketones (excluding diaryl/α,β-unsaturated/α-hetero) is 1. The number of anilines is 1. The van der Waals surface area contributed by atoms with Crippen molar-refractivity contribution < 1.29 is 4.79 Å². The lowest BCUT2D eigenvalue weighted by molar-refractivity contribution is 0.101. The standard InChI is InChI=1S/C12H12ClN3OS2/c1-2-18-12-16-15-11(19-12)14-7-10(17)8-3-5-9(13)6-4-8/h3-6H,2,7H2,1H3,(H,14,15). The van der Waals surface area contributed by atoms with E-state index in [0.29, 0.717) is 15.7 Å². The van der Waals surface area contributed by atoms with Gasteiger partial charge in [-0.25, -0.2) is 0 Å². The second-order valence-electron chi connectivity index (χ2n) is 3.59. The molecule has 0 fully saturated rings. The average Bonchev–Trinajstić information content (AvgIpc) is 2.85. The van der Waals surface area contributed by atoms with Gasteiger partial charge in [-0.05, 0) is 30.0 Å². The third-order valence-corrected chi connectivity index (χ3v) is 4.39. The maximum Gasteiger partial charge on any atom is 0.206 e. The summed E-state index contributed by atoms with van der Waals surface area (Å²) in [7, 11) is 0. The predicted molar refractivity (Wildman–Crippen MR) is 80.6 cm³/mol. The largest absolute Gasteiger partial charge is 0.353 e. The van der Waals surface area contributed by atoms with Crippen LogP contribution in [0.15, 0.2) is 28.6 Å². The molecule has 0 spiro atoms. The van der Waals surface area contributed by atoms with E-state index in [4.69, 9.17) is 11.6 Å². The monoisotopic (exact) mass is 313 g/mol. The molecule has 2 aromatic rings. The Kier molecular flexibility index (Phi) is 5.18. The molecule has 0 unspecified atom stereocenters. The molecule has 0 bridgehead atoms. The predicted octanol–water partition coefficient (Wildman–Crippen LogP) is 3.60. The summed E-state index contributed by atoms with van der Waals surface area (Å²) in [4.78, 5) is 11.9. The van der Waals surface area contributed by atoms with Crippen molar-refractivity contribution in [1.29, 1.82) is 0 Å². The molecule has 0 saturated carbocycles. The number of nitrogens with one attached hydrogen (secondary N) is 1. The fraction of sp³-hybridized carbons (Fsp3) is 0.250. The van der Waals surface area contributed by atoms with Crippen molar-refractivity contribution in [3.63, 3.8) is 0 Å². The molecule has 0 atom stereocenters. The summed E-state index contributed by atoms with van der Waals surface area (Å²) in [6.45, 7) is 2.26. The number of hydrogen-bond donors (Lipinski definition) is 1. The van der Waals surface area contributed by atoms with Gasteiger partial charge in [-0.2, -0.15) is 0 Å². The van der Waals surface area contributed by atoms with Crippen molar-refractivity contribution in [1.82, 2.24) is 10.2 Å². The van der Waals surface area contributed by atoms with Gasteiger partial charge in [0.2, 0.25) is 5.13 Å². The molecule has 100 valence electrons. The van der Waals surface area contributed by atoms with Crippen LogP contribution in [0.4, 0.5) is 5.13 Å². The van der Waals surface area contributed by atoms with E-state index in [9.17, 15) is 4.79 Å². The van der Waals surface area contributed by atoms with Gasteiger partial charge in [-0.15, -0.1) is 10.2 Å². The van der Waals surface area contributed by atoms with Crippen LogP contribution in [0.2, 0.25) is 5.02 Å². The molecule has 1 N–H and O–H groups in total. The number of halogens is 1. The molecule has 7 heteroatoms. The highest BCUT2D eigenvalue weighted by Crippen LogP contribution is 2.24. The van der Waals surface area contributed by atoms with E-state index in [1.807, 2.05) is 0 Å². The van der Waals surface area contributed by atoms with Crippen molar-refractivity contribution in [2.75, 3.05) is 17.6 Å². The first-order chi connectivity index (χ1) is 9.19. The molecular weight excluding hydrogens is 302 g/mol. The van der Waals surface area contributed by atoms with Crippen molar-refractivity contribution in [2.24, 2.45) is 0 Å². The molecule has 0 radical (unpaired) electrons. The van der Waals surface area contributed by atoms with Gasteiger partial charge in [0, 0.05) is 10.6 Å². The molecule has 2 rings (SSSR count). The number of hydrogen-bond acceptors (Lipinski definition) is 6. The summed E-state index contributed by atoms with van der Waals surface area (Å²) < 4.78 is 0.906. The van der Waals surface area contributed by atoms with E-state index in [1.165, 1.54) is 11.3 Å². The minimum atomic E-state index is -0.00318. The van der Waals surface area contributed by atoms with Crippen LogP contribution in [-0.4, -0.2) is 28.3 Å². The lowest BCUT2D eigenvalue weighted by atomic mass is 10.1. The van der Waals surface area contributed by atoms with Crippen molar-refractivity contribution in [3.05, 3.63) is 34.9 Å². The number of thioether (sulfide) groups is 1.